The van der Waals surface area contributed by atoms with E-state index in [0.29, 0.717) is 6.42 Å². The first-order valence-electron chi connectivity index (χ1n) is 10.9. The molecule has 160 valence electrons. The lowest BCUT2D eigenvalue weighted by molar-refractivity contribution is 0.132. The number of pyridine rings is 1. The zero-order valence-electron chi connectivity index (χ0n) is 17.5. The molecule has 0 bridgehead atoms. The fraction of sp³-hybridized carbons (Fsp3) is 0.417. The average Bonchev–Trinajstić information content (AvgIpc) is 3.11. The number of urea groups is 1. The molecule has 2 heterocycles. The van der Waals surface area contributed by atoms with Crippen LogP contribution in [0.1, 0.15) is 51.4 Å². The Morgan fingerprint density at radius 1 is 1.03 bits per heavy atom. The van der Waals surface area contributed by atoms with E-state index in [1.54, 1.807) is 0 Å². The van der Waals surface area contributed by atoms with Crippen LogP contribution < -0.4 is 11.1 Å². The first-order chi connectivity index (χ1) is 14.6. The lowest BCUT2D eigenvalue weighted by Crippen LogP contribution is -2.38. The summed E-state index contributed by atoms with van der Waals surface area (Å²) < 4.78 is 2.42. The van der Waals surface area contributed by atoms with Crippen molar-refractivity contribution in [2.24, 2.45) is 5.73 Å². The number of rotatable bonds is 12. The van der Waals surface area contributed by atoms with Crippen LogP contribution in [0.25, 0.3) is 22.2 Å². The minimum absolute atomic E-state index is 0.556. The topological polar surface area (TPSA) is 93.2 Å². The van der Waals surface area contributed by atoms with Gasteiger partial charge >= 0.3 is 6.03 Å². The number of nitrogens with zero attached hydrogens (tertiary/aromatic N) is 2. The molecule has 6 heteroatoms. The number of aliphatic hydroxyl groups excluding tert-OH is 1. The van der Waals surface area contributed by atoms with Gasteiger partial charge in [-0.1, -0.05) is 50.3 Å². The molecule has 1 aromatic carbocycles. The Kier molecular flexibility index (Phi) is 8.27. The SMILES string of the molecule is NC(=O)NC(O)CCCCCCCCCn1c(-c2cccnc2)cc2ccccc21. The molecule has 1 unspecified atom stereocenters. The monoisotopic (exact) mass is 408 g/mol. The molecule has 1 atom stereocenters. The van der Waals surface area contributed by atoms with E-state index in [0.717, 1.165) is 37.8 Å². The van der Waals surface area contributed by atoms with Gasteiger partial charge in [0.1, 0.15) is 6.23 Å². The van der Waals surface area contributed by atoms with Crippen LogP contribution in [-0.2, 0) is 6.54 Å². The van der Waals surface area contributed by atoms with Gasteiger partial charge in [0.05, 0.1) is 5.69 Å². The molecule has 0 saturated heterocycles. The van der Waals surface area contributed by atoms with E-state index in [1.165, 1.54) is 35.9 Å². The maximum Gasteiger partial charge on any atom is 0.314 e. The summed E-state index contributed by atoms with van der Waals surface area (Å²) in [4.78, 5) is 14.9. The molecule has 2 amide bonds. The second-order valence-corrected chi connectivity index (χ2v) is 7.77. The van der Waals surface area contributed by atoms with Crippen LogP contribution in [0, 0.1) is 0 Å². The highest BCUT2D eigenvalue weighted by atomic mass is 16.3. The number of primary amides is 1. The van der Waals surface area contributed by atoms with Crippen molar-refractivity contribution in [3.05, 3.63) is 54.9 Å². The number of carbonyl (C=O) groups excluding carboxylic acids is 1. The summed E-state index contributed by atoms with van der Waals surface area (Å²) in [6, 6.07) is 14.2. The Morgan fingerprint density at radius 2 is 1.77 bits per heavy atom. The fourth-order valence-corrected chi connectivity index (χ4v) is 3.93. The number of para-hydroxylation sites is 1. The van der Waals surface area contributed by atoms with Crippen LogP contribution in [0.4, 0.5) is 4.79 Å². The predicted molar refractivity (Wildman–Crippen MR) is 121 cm³/mol. The van der Waals surface area contributed by atoms with Gasteiger partial charge in [-0.25, -0.2) is 4.79 Å². The van der Waals surface area contributed by atoms with E-state index < -0.39 is 12.3 Å². The van der Waals surface area contributed by atoms with Gasteiger partial charge in [-0.2, -0.15) is 0 Å². The van der Waals surface area contributed by atoms with Crippen LogP contribution in [0.3, 0.4) is 0 Å². The summed E-state index contributed by atoms with van der Waals surface area (Å²) in [7, 11) is 0. The van der Waals surface area contributed by atoms with Crippen molar-refractivity contribution in [2.75, 3.05) is 0 Å². The molecule has 0 saturated carbocycles. The molecule has 2 aromatic heterocycles. The Hall–Kier alpha value is -2.86. The summed E-state index contributed by atoms with van der Waals surface area (Å²) in [5.41, 5.74) is 8.65. The van der Waals surface area contributed by atoms with Crippen LogP contribution in [-0.4, -0.2) is 26.9 Å². The van der Waals surface area contributed by atoms with Crippen LogP contribution >= 0.6 is 0 Å². The van der Waals surface area contributed by atoms with E-state index >= 15 is 0 Å². The van der Waals surface area contributed by atoms with Crippen molar-refractivity contribution in [1.29, 1.82) is 0 Å². The van der Waals surface area contributed by atoms with E-state index in [1.807, 2.05) is 18.5 Å². The number of nitrogens with one attached hydrogen (secondary N) is 1. The summed E-state index contributed by atoms with van der Waals surface area (Å²) in [5, 5.41) is 13.1. The second kappa shape index (κ2) is 11.4. The number of nitrogens with two attached hydrogens (primary N) is 1. The number of carbonyl (C=O) groups is 1. The summed E-state index contributed by atoms with van der Waals surface area (Å²) in [5.74, 6) is 0. The van der Waals surface area contributed by atoms with E-state index in [-0.39, 0.29) is 0 Å². The van der Waals surface area contributed by atoms with Gasteiger partial charge in [-0.05, 0) is 43.5 Å². The summed E-state index contributed by atoms with van der Waals surface area (Å²) >= 11 is 0. The summed E-state index contributed by atoms with van der Waals surface area (Å²) in [6.45, 7) is 1.00. The third-order valence-electron chi connectivity index (χ3n) is 5.44. The molecule has 3 rings (SSSR count). The number of unbranched alkanes of at least 4 members (excludes halogenated alkanes) is 6. The smallest absolute Gasteiger partial charge is 0.314 e. The Morgan fingerprint density at radius 3 is 2.50 bits per heavy atom. The predicted octanol–water partition coefficient (Wildman–Crippen LogP) is 4.81. The zero-order chi connectivity index (χ0) is 21.2. The van der Waals surface area contributed by atoms with Crippen molar-refractivity contribution >= 4 is 16.9 Å². The largest absolute Gasteiger partial charge is 0.374 e. The maximum atomic E-state index is 10.7. The molecule has 0 fully saturated rings. The standard InChI is InChI=1S/C24H32N4O2/c25-24(30)27-23(29)14-6-4-2-1-3-5-9-16-28-21-13-8-7-11-19(21)17-22(28)20-12-10-15-26-18-20/h7-8,10-13,15,17-18,23,29H,1-6,9,14,16H2,(H3,25,27,30). The number of benzene rings is 1. The first kappa shape index (κ1) is 21.8. The number of hydrogen-bond donors (Lipinski definition) is 3. The lowest BCUT2D eigenvalue weighted by Gasteiger charge is -2.11. The molecule has 0 aliphatic carbocycles. The van der Waals surface area contributed by atoms with Crippen molar-refractivity contribution in [2.45, 2.75) is 64.1 Å². The number of aromatic nitrogens is 2. The molecular weight excluding hydrogens is 376 g/mol. The van der Waals surface area contributed by atoms with E-state index in [2.05, 4.69) is 51.3 Å². The minimum Gasteiger partial charge on any atom is -0.374 e. The molecular formula is C24H32N4O2. The minimum atomic E-state index is -0.826. The van der Waals surface area contributed by atoms with Gasteiger partial charge in [-0.3, -0.25) is 4.98 Å². The maximum absolute atomic E-state index is 10.7. The third-order valence-corrected chi connectivity index (χ3v) is 5.44. The normalized spacial score (nSPS) is 12.2. The van der Waals surface area contributed by atoms with Gasteiger partial charge in [0.25, 0.3) is 0 Å². The van der Waals surface area contributed by atoms with Gasteiger partial charge in [-0.15, -0.1) is 0 Å². The van der Waals surface area contributed by atoms with E-state index in [9.17, 15) is 9.90 Å². The number of amides is 2. The molecule has 6 nitrogen and oxygen atoms in total. The molecule has 0 aliphatic rings. The first-order valence-corrected chi connectivity index (χ1v) is 10.9. The van der Waals surface area contributed by atoms with Crippen LogP contribution in [0.2, 0.25) is 0 Å². The van der Waals surface area contributed by atoms with Crippen molar-refractivity contribution in [3.63, 3.8) is 0 Å². The quantitative estimate of drug-likeness (QED) is 0.296. The molecule has 30 heavy (non-hydrogen) atoms. The number of fused-ring (bicyclic) bond motifs is 1. The second-order valence-electron chi connectivity index (χ2n) is 7.77. The highest BCUT2D eigenvalue weighted by molar-refractivity contribution is 5.86. The molecule has 0 spiro atoms. The van der Waals surface area contributed by atoms with Crippen molar-refractivity contribution < 1.29 is 9.90 Å². The zero-order valence-corrected chi connectivity index (χ0v) is 17.5. The number of aliphatic hydroxyl groups is 1. The van der Waals surface area contributed by atoms with Gasteiger partial charge < -0.3 is 20.7 Å². The van der Waals surface area contributed by atoms with Crippen molar-refractivity contribution in [1.82, 2.24) is 14.9 Å². The molecule has 3 aromatic rings. The highest BCUT2D eigenvalue weighted by Crippen LogP contribution is 2.28. The summed E-state index contributed by atoms with van der Waals surface area (Å²) in [6.07, 6.45) is 11.3. The van der Waals surface area contributed by atoms with Crippen LogP contribution in [0.5, 0.6) is 0 Å². The lowest BCUT2D eigenvalue weighted by atomic mass is 10.1. The van der Waals surface area contributed by atoms with E-state index in [4.69, 9.17) is 5.73 Å². The van der Waals surface area contributed by atoms with Crippen LogP contribution in [0.15, 0.2) is 54.9 Å². The van der Waals surface area contributed by atoms with Crippen molar-refractivity contribution in [3.8, 4) is 11.3 Å². The molecule has 4 N–H and O–H groups in total. The van der Waals surface area contributed by atoms with Gasteiger partial charge in [0.15, 0.2) is 0 Å². The van der Waals surface area contributed by atoms with Gasteiger partial charge in [0.2, 0.25) is 0 Å². The number of aryl methyl sites for hydroxylation is 1. The van der Waals surface area contributed by atoms with Gasteiger partial charge in [0, 0.05) is 35.4 Å². The Balaban J connectivity index is 1.42. The molecule has 0 radical (unpaired) electrons. The third kappa shape index (κ3) is 6.32. The molecule has 0 aliphatic heterocycles. The average molecular weight is 409 g/mol. The highest BCUT2D eigenvalue weighted by Gasteiger charge is 2.10. The number of hydrogen-bond acceptors (Lipinski definition) is 3. The Bertz CT molecular complexity index is 923. The Labute approximate surface area is 178 Å². The fourth-order valence-electron chi connectivity index (χ4n) is 3.93.